The van der Waals surface area contributed by atoms with Crippen molar-refractivity contribution < 1.29 is 19.4 Å². The standard InChI is InChI=1S/C17H20ClNO4/c18-12-5-6-15(23-13-3-1-2-4-13)14(9-12)16(20)19-8-7-11(10-19)17(21)22/h5-6,9,11,13H,1-4,7-8,10H2,(H,21,22). The fraction of sp³-hybridized carbons (Fsp3) is 0.529. The van der Waals surface area contributed by atoms with Gasteiger partial charge in [0.1, 0.15) is 5.75 Å². The zero-order valence-electron chi connectivity index (χ0n) is 12.8. The Morgan fingerprint density at radius 2 is 1.96 bits per heavy atom. The van der Waals surface area contributed by atoms with Crippen molar-refractivity contribution in [1.82, 2.24) is 4.90 Å². The van der Waals surface area contributed by atoms with Crippen LogP contribution in [0.15, 0.2) is 18.2 Å². The first-order valence-electron chi connectivity index (χ1n) is 8.03. The maximum atomic E-state index is 12.8. The summed E-state index contributed by atoms with van der Waals surface area (Å²) >= 11 is 6.04. The topological polar surface area (TPSA) is 66.8 Å². The third kappa shape index (κ3) is 3.61. The molecule has 5 nitrogen and oxygen atoms in total. The van der Waals surface area contributed by atoms with E-state index in [0.717, 1.165) is 25.7 Å². The van der Waals surface area contributed by atoms with Crippen molar-refractivity contribution in [2.45, 2.75) is 38.2 Å². The molecule has 1 aliphatic heterocycles. The molecule has 0 spiro atoms. The number of aliphatic carboxylic acids is 1. The molecule has 1 N–H and O–H groups in total. The lowest BCUT2D eigenvalue weighted by Crippen LogP contribution is -2.30. The van der Waals surface area contributed by atoms with Crippen LogP contribution in [0.1, 0.15) is 42.5 Å². The highest BCUT2D eigenvalue weighted by Gasteiger charge is 2.32. The Balaban J connectivity index is 1.78. The van der Waals surface area contributed by atoms with Gasteiger partial charge in [0.25, 0.3) is 5.91 Å². The van der Waals surface area contributed by atoms with Crippen LogP contribution in [0.4, 0.5) is 0 Å². The lowest BCUT2D eigenvalue weighted by atomic mass is 10.1. The summed E-state index contributed by atoms with van der Waals surface area (Å²) in [6, 6.07) is 5.06. The summed E-state index contributed by atoms with van der Waals surface area (Å²) < 4.78 is 5.99. The van der Waals surface area contributed by atoms with Gasteiger partial charge >= 0.3 is 5.97 Å². The number of carbonyl (C=O) groups excluding carboxylic acids is 1. The Labute approximate surface area is 140 Å². The molecule has 1 aliphatic carbocycles. The number of halogens is 1. The second-order valence-corrected chi connectivity index (χ2v) is 6.68. The molecule has 1 saturated carbocycles. The number of hydrogen-bond donors (Lipinski definition) is 1. The van der Waals surface area contributed by atoms with Crippen LogP contribution < -0.4 is 4.74 Å². The van der Waals surface area contributed by atoms with Gasteiger partial charge in [-0.05, 0) is 50.3 Å². The van der Waals surface area contributed by atoms with Crippen LogP contribution in [0, 0.1) is 5.92 Å². The monoisotopic (exact) mass is 337 g/mol. The quantitative estimate of drug-likeness (QED) is 0.916. The molecule has 1 unspecified atom stereocenters. The Morgan fingerprint density at radius 1 is 1.22 bits per heavy atom. The third-order valence-corrected chi connectivity index (χ3v) is 4.83. The Bertz CT molecular complexity index is 613. The minimum atomic E-state index is -0.853. The maximum Gasteiger partial charge on any atom is 0.308 e. The molecule has 2 aliphatic rings. The molecule has 1 amide bonds. The smallest absolute Gasteiger partial charge is 0.308 e. The van der Waals surface area contributed by atoms with Gasteiger partial charge in [-0.15, -0.1) is 0 Å². The highest BCUT2D eigenvalue weighted by Crippen LogP contribution is 2.30. The fourth-order valence-electron chi connectivity index (χ4n) is 3.27. The highest BCUT2D eigenvalue weighted by molar-refractivity contribution is 6.31. The van der Waals surface area contributed by atoms with Gasteiger partial charge in [-0.25, -0.2) is 0 Å². The van der Waals surface area contributed by atoms with Gasteiger partial charge in [0.05, 0.1) is 17.6 Å². The molecular weight excluding hydrogens is 318 g/mol. The van der Waals surface area contributed by atoms with Gasteiger partial charge in [-0.3, -0.25) is 9.59 Å². The summed E-state index contributed by atoms with van der Waals surface area (Å²) in [5, 5.41) is 9.56. The van der Waals surface area contributed by atoms with Crippen LogP contribution in [0.25, 0.3) is 0 Å². The highest BCUT2D eigenvalue weighted by atomic mass is 35.5. The summed E-state index contributed by atoms with van der Waals surface area (Å²) in [5.41, 5.74) is 0.426. The first kappa shape index (κ1) is 16.1. The molecular formula is C17H20ClNO4. The second kappa shape index (κ2) is 6.79. The minimum absolute atomic E-state index is 0.146. The molecule has 6 heteroatoms. The fourth-order valence-corrected chi connectivity index (χ4v) is 3.45. The van der Waals surface area contributed by atoms with Crippen LogP contribution >= 0.6 is 11.6 Å². The number of carboxylic acid groups (broad SMARTS) is 1. The first-order valence-corrected chi connectivity index (χ1v) is 8.40. The van der Waals surface area contributed by atoms with E-state index in [2.05, 4.69) is 0 Å². The van der Waals surface area contributed by atoms with Gasteiger partial charge in [-0.2, -0.15) is 0 Å². The average Bonchev–Trinajstić information content (AvgIpc) is 3.19. The molecule has 1 atom stereocenters. The van der Waals surface area contributed by atoms with Crippen molar-refractivity contribution in [2.24, 2.45) is 5.92 Å². The van der Waals surface area contributed by atoms with E-state index in [9.17, 15) is 9.59 Å². The van der Waals surface area contributed by atoms with E-state index in [1.165, 1.54) is 0 Å². The predicted octanol–water partition coefficient (Wildman–Crippen LogP) is 3.21. The van der Waals surface area contributed by atoms with Crippen molar-refractivity contribution in [3.8, 4) is 5.75 Å². The largest absolute Gasteiger partial charge is 0.490 e. The van der Waals surface area contributed by atoms with Crippen LogP contribution in [-0.2, 0) is 4.79 Å². The molecule has 1 heterocycles. The summed E-state index contributed by atoms with van der Waals surface area (Å²) in [5.74, 6) is -1.000. The van der Waals surface area contributed by atoms with Crippen molar-refractivity contribution in [1.29, 1.82) is 0 Å². The SMILES string of the molecule is O=C(O)C1CCN(C(=O)c2cc(Cl)ccc2OC2CCCC2)C1. The van der Waals surface area contributed by atoms with Gasteiger partial charge in [0.2, 0.25) is 0 Å². The van der Waals surface area contributed by atoms with Crippen molar-refractivity contribution >= 4 is 23.5 Å². The zero-order valence-corrected chi connectivity index (χ0v) is 13.6. The van der Waals surface area contributed by atoms with Crippen molar-refractivity contribution in [2.75, 3.05) is 13.1 Å². The molecule has 0 bridgehead atoms. The van der Waals surface area contributed by atoms with E-state index in [1.54, 1.807) is 23.1 Å². The zero-order chi connectivity index (χ0) is 16.4. The van der Waals surface area contributed by atoms with Crippen LogP contribution in [0.2, 0.25) is 5.02 Å². The van der Waals surface area contributed by atoms with E-state index >= 15 is 0 Å². The number of ether oxygens (including phenoxy) is 1. The molecule has 1 aromatic carbocycles. The van der Waals surface area contributed by atoms with E-state index in [1.807, 2.05) is 0 Å². The number of hydrogen-bond acceptors (Lipinski definition) is 3. The van der Waals surface area contributed by atoms with Gasteiger partial charge in [0, 0.05) is 18.1 Å². The Morgan fingerprint density at radius 3 is 2.61 bits per heavy atom. The van der Waals surface area contributed by atoms with Crippen molar-refractivity contribution in [3.05, 3.63) is 28.8 Å². The molecule has 0 radical (unpaired) electrons. The van der Waals surface area contributed by atoms with Crippen LogP contribution in [0.3, 0.4) is 0 Å². The first-order chi connectivity index (χ1) is 11.0. The summed E-state index contributed by atoms with van der Waals surface area (Å²) in [4.78, 5) is 25.4. The lowest BCUT2D eigenvalue weighted by molar-refractivity contribution is -0.141. The molecule has 1 aromatic rings. The van der Waals surface area contributed by atoms with Gasteiger partial charge < -0.3 is 14.7 Å². The Hall–Kier alpha value is -1.75. The van der Waals surface area contributed by atoms with E-state index in [0.29, 0.717) is 29.3 Å². The molecule has 2 fully saturated rings. The molecule has 124 valence electrons. The number of carbonyl (C=O) groups is 2. The predicted molar refractivity (Wildman–Crippen MR) is 86.0 cm³/mol. The van der Waals surface area contributed by atoms with Crippen LogP contribution in [-0.4, -0.2) is 41.1 Å². The van der Waals surface area contributed by atoms with Gasteiger partial charge in [-0.1, -0.05) is 11.6 Å². The second-order valence-electron chi connectivity index (χ2n) is 6.24. The number of likely N-dealkylation sites (tertiary alicyclic amines) is 1. The van der Waals surface area contributed by atoms with Gasteiger partial charge in [0.15, 0.2) is 0 Å². The lowest BCUT2D eigenvalue weighted by Gasteiger charge is -2.20. The number of carboxylic acids is 1. The van der Waals surface area contributed by atoms with Crippen molar-refractivity contribution in [3.63, 3.8) is 0 Å². The molecule has 1 saturated heterocycles. The van der Waals surface area contributed by atoms with Crippen LogP contribution in [0.5, 0.6) is 5.75 Å². The molecule has 3 rings (SSSR count). The molecule has 0 aromatic heterocycles. The number of benzene rings is 1. The third-order valence-electron chi connectivity index (χ3n) is 4.59. The van der Waals surface area contributed by atoms with E-state index in [4.69, 9.17) is 21.4 Å². The number of amides is 1. The summed E-state index contributed by atoms with van der Waals surface area (Å²) in [7, 11) is 0. The average molecular weight is 338 g/mol. The number of rotatable bonds is 4. The maximum absolute atomic E-state index is 12.8. The summed E-state index contributed by atoms with van der Waals surface area (Å²) in [6.07, 6.45) is 4.93. The summed E-state index contributed by atoms with van der Waals surface area (Å²) in [6.45, 7) is 0.689. The Kier molecular flexibility index (Phi) is 4.76. The number of nitrogens with zero attached hydrogens (tertiary/aromatic N) is 1. The molecule has 23 heavy (non-hydrogen) atoms. The normalized spacial score (nSPS) is 21.6. The van der Waals surface area contributed by atoms with E-state index in [-0.39, 0.29) is 18.6 Å². The minimum Gasteiger partial charge on any atom is -0.490 e. The van der Waals surface area contributed by atoms with E-state index < -0.39 is 11.9 Å².